The van der Waals surface area contributed by atoms with Crippen LogP contribution in [0.4, 0.5) is 0 Å². The van der Waals surface area contributed by atoms with Crippen LogP contribution in [0.5, 0.6) is 0 Å². The first-order valence-corrected chi connectivity index (χ1v) is 7.67. The van der Waals surface area contributed by atoms with E-state index in [1.165, 1.54) is 18.4 Å². The molecule has 0 aromatic carbocycles. The molecular formula is C16H29N3. The zero-order valence-electron chi connectivity index (χ0n) is 12.9. The highest BCUT2D eigenvalue weighted by molar-refractivity contribution is 5.18. The quantitative estimate of drug-likeness (QED) is 0.904. The van der Waals surface area contributed by atoms with Gasteiger partial charge < -0.3 is 5.73 Å². The Labute approximate surface area is 117 Å². The summed E-state index contributed by atoms with van der Waals surface area (Å²) in [6.45, 7) is 10.2. The number of aromatic nitrogens is 2. The molecule has 1 heterocycles. The Kier molecular flexibility index (Phi) is 4.05. The molecule has 1 aromatic heterocycles. The van der Waals surface area contributed by atoms with E-state index in [-0.39, 0.29) is 5.54 Å². The molecule has 0 saturated heterocycles. The first-order valence-electron chi connectivity index (χ1n) is 7.67. The minimum Gasteiger partial charge on any atom is -0.321 e. The highest BCUT2D eigenvalue weighted by Gasteiger charge is 2.37. The van der Waals surface area contributed by atoms with Crippen molar-refractivity contribution in [1.82, 2.24) is 9.78 Å². The normalized spacial score (nSPS) is 28.6. The molecule has 2 rings (SSSR count). The third-order valence-corrected chi connectivity index (χ3v) is 4.76. The molecule has 2 N–H and O–H groups in total. The Morgan fingerprint density at radius 1 is 1.37 bits per heavy atom. The van der Waals surface area contributed by atoms with Crippen molar-refractivity contribution in [2.45, 2.75) is 71.9 Å². The number of hydrogen-bond acceptors (Lipinski definition) is 2. The predicted molar refractivity (Wildman–Crippen MR) is 79.8 cm³/mol. The number of rotatable bonds is 3. The number of nitrogens with zero attached hydrogens (tertiary/aromatic N) is 2. The predicted octanol–water partition coefficient (Wildman–Crippen LogP) is 3.68. The standard InChI is InChI=1S/C16H29N3/c1-5-10-19-12-14(11-18-19)16(17)8-6-13(7-9-16)15(2,3)4/h11-13H,5-10,17H2,1-4H3. The summed E-state index contributed by atoms with van der Waals surface area (Å²) in [4.78, 5) is 0. The lowest BCUT2D eigenvalue weighted by Crippen LogP contribution is -2.42. The van der Waals surface area contributed by atoms with Crippen LogP contribution in [0.25, 0.3) is 0 Å². The Hall–Kier alpha value is -0.830. The smallest absolute Gasteiger partial charge is 0.0540 e. The lowest BCUT2D eigenvalue weighted by atomic mass is 9.66. The second-order valence-corrected chi connectivity index (χ2v) is 7.29. The second kappa shape index (κ2) is 5.28. The van der Waals surface area contributed by atoms with Crippen LogP contribution in [0.15, 0.2) is 12.4 Å². The summed E-state index contributed by atoms with van der Waals surface area (Å²) < 4.78 is 2.03. The molecule has 1 fully saturated rings. The number of hydrogen-bond donors (Lipinski definition) is 1. The van der Waals surface area contributed by atoms with Crippen molar-refractivity contribution in [3.63, 3.8) is 0 Å². The topological polar surface area (TPSA) is 43.8 Å². The van der Waals surface area contributed by atoms with Crippen molar-refractivity contribution in [2.24, 2.45) is 17.1 Å². The molecule has 0 unspecified atom stereocenters. The fourth-order valence-corrected chi connectivity index (χ4v) is 3.26. The molecule has 1 saturated carbocycles. The molecule has 0 aliphatic heterocycles. The molecular weight excluding hydrogens is 234 g/mol. The van der Waals surface area contributed by atoms with E-state index >= 15 is 0 Å². The first kappa shape index (κ1) is 14.6. The van der Waals surface area contributed by atoms with Crippen LogP contribution in [0.2, 0.25) is 0 Å². The average molecular weight is 263 g/mol. The van der Waals surface area contributed by atoms with Gasteiger partial charge in [0.2, 0.25) is 0 Å². The molecule has 0 spiro atoms. The highest BCUT2D eigenvalue weighted by atomic mass is 15.3. The molecule has 3 heteroatoms. The van der Waals surface area contributed by atoms with Gasteiger partial charge in [0.25, 0.3) is 0 Å². The van der Waals surface area contributed by atoms with Crippen LogP contribution >= 0.6 is 0 Å². The minimum absolute atomic E-state index is 0.145. The molecule has 1 aliphatic carbocycles. The Balaban J connectivity index is 2.04. The maximum Gasteiger partial charge on any atom is 0.0540 e. The summed E-state index contributed by atoms with van der Waals surface area (Å²) in [7, 11) is 0. The van der Waals surface area contributed by atoms with E-state index in [0.717, 1.165) is 31.7 Å². The van der Waals surface area contributed by atoms with Crippen LogP contribution in [-0.4, -0.2) is 9.78 Å². The SMILES string of the molecule is CCCn1cc(C2(N)CCC(C(C)(C)C)CC2)cn1. The Morgan fingerprint density at radius 2 is 2.00 bits per heavy atom. The van der Waals surface area contributed by atoms with E-state index in [0.29, 0.717) is 5.41 Å². The average Bonchev–Trinajstić information content (AvgIpc) is 2.78. The van der Waals surface area contributed by atoms with Gasteiger partial charge in [0, 0.05) is 23.8 Å². The van der Waals surface area contributed by atoms with Crippen LogP contribution in [0.3, 0.4) is 0 Å². The summed E-state index contributed by atoms with van der Waals surface area (Å²) in [6, 6.07) is 0. The number of nitrogens with two attached hydrogens (primary N) is 1. The summed E-state index contributed by atoms with van der Waals surface area (Å²) in [5.41, 5.74) is 8.14. The minimum atomic E-state index is -0.145. The van der Waals surface area contributed by atoms with Crippen molar-refractivity contribution >= 4 is 0 Å². The molecule has 0 radical (unpaired) electrons. The monoisotopic (exact) mass is 263 g/mol. The van der Waals surface area contributed by atoms with Crippen molar-refractivity contribution < 1.29 is 0 Å². The number of aryl methyl sites for hydroxylation is 1. The lowest BCUT2D eigenvalue weighted by Gasteiger charge is -2.41. The van der Waals surface area contributed by atoms with E-state index in [9.17, 15) is 0 Å². The van der Waals surface area contributed by atoms with Crippen molar-refractivity contribution in [3.8, 4) is 0 Å². The van der Waals surface area contributed by atoms with Gasteiger partial charge in [-0.3, -0.25) is 4.68 Å². The Bertz CT molecular complexity index is 406. The van der Waals surface area contributed by atoms with Crippen molar-refractivity contribution in [2.75, 3.05) is 0 Å². The summed E-state index contributed by atoms with van der Waals surface area (Å²) in [6.07, 6.45) is 9.90. The van der Waals surface area contributed by atoms with Crippen LogP contribution in [-0.2, 0) is 12.1 Å². The molecule has 0 amide bonds. The maximum absolute atomic E-state index is 6.64. The van der Waals surface area contributed by atoms with Crippen LogP contribution in [0.1, 0.15) is 65.4 Å². The van der Waals surface area contributed by atoms with Gasteiger partial charge in [0.05, 0.1) is 6.20 Å². The molecule has 1 aromatic rings. The zero-order valence-corrected chi connectivity index (χ0v) is 12.9. The van der Waals surface area contributed by atoms with Gasteiger partial charge in [0.1, 0.15) is 0 Å². The van der Waals surface area contributed by atoms with Gasteiger partial charge in [-0.25, -0.2) is 0 Å². The fraction of sp³-hybridized carbons (Fsp3) is 0.812. The fourth-order valence-electron chi connectivity index (χ4n) is 3.26. The maximum atomic E-state index is 6.64. The zero-order chi connectivity index (χ0) is 14.1. The molecule has 108 valence electrons. The summed E-state index contributed by atoms with van der Waals surface area (Å²) in [5.74, 6) is 0.801. The van der Waals surface area contributed by atoms with Gasteiger partial charge in [0.15, 0.2) is 0 Å². The van der Waals surface area contributed by atoms with E-state index < -0.39 is 0 Å². The second-order valence-electron chi connectivity index (χ2n) is 7.29. The lowest BCUT2D eigenvalue weighted by molar-refractivity contribution is 0.134. The van der Waals surface area contributed by atoms with Crippen molar-refractivity contribution in [3.05, 3.63) is 18.0 Å². The van der Waals surface area contributed by atoms with Crippen molar-refractivity contribution in [1.29, 1.82) is 0 Å². The highest BCUT2D eigenvalue weighted by Crippen LogP contribution is 2.44. The van der Waals surface area contributed by atoms with Gasteiger partial charge in [-0.15, -0.1) is 0 Å². The third kappa shape index (κ3) is 3.19. The molecule has 1 aliphatic rings. The Morgan fingerprint density at radius 3 is 2.53 bits per heavy atom. The van der Waals surface area contributed by atoms with Gasteiger partial charge >= 0.3 is 0 Å². The van der Waals surface area contributed by atoms with E-state index in [1.807, 2.05) is 10.9 Å². The van der Waals surface area contributed by atoms with Crippen LogP contribution < -0.4 is 5.73 Å². The summed E-state index contributed by atoms with van der Waals surface area (Å²) in [5, 5.41) is 4.43. The van der Waals surface area contributed by atoms with E-state index in [4.69, 9.17) is 5.73 Å². The first-order chi connectivity index (χ1) is 8.85. The third-order valence-electron chi connectivity index (χ3n) is 4.76. The van der Waals surface area contributed by atoms with Gasteiger partial charge in [-0.2, -0.15) is 5.10 Å². The van der Waals surface area contributed by atoms with E-state index in [2.05, 4.69) is 39.0 Å². The molecule has 0 atom stereocenters. The molecule has 0 bridgehead atoms. The van der Waals surface area contributed by atoms with Crippen LogP contribution in [0, 0.1) is 11.3 Å². The van der Waals surface area contributed by atoms with E-state index in [1.54, 1.807) is 0 Å². The molecule has 3 nitrogen and oxygen atoms in total. The summed E-state index contributed by atoms with van der Waals surface area (Å²) >= 11 is 0. The van der Waals surface area contributed by atoms with Gasteiger partial charge in [-0.1, -0.05) is 27.7 Å². The van der Waals surface area contributed by atoms with Gasteiger partial charge in [-0.05, 0) is 43.4 Å². The molecule has 19 heavy (non-hydrogen) atoms. The largest absolute Gasteiger partial charge is 0.321 e.